The smallest absolute Gasteiger partial charge is 0.381 e. The molecule has 0 heterocycles. The van der Waals surface area contributed by atoms with E-state index in [4.69, 9.17) is 4.74 Å². The van der Waals surface area contributed by atoms with Crippen LogP contribution >= 0.6 is 0 Å². The van der Waals surface area contributed by atoms with Gasteiger partial charge in [-0.2, -0.15) is 26.3 Å². The van der Waals surface area contributed by atoms with Crippen LogP contribution in [0.5, 0.6) is 0 Å². The lowest BCUT2D eigenvalue weighted by molar-refractivity contribution is -0.143. The van der Waals surface area contributed by atoms with Gasteiger partial charge in [-0.25, -0.2) is 0 Å². The summed E-state index contributed by atoms with van der Waals surface area (Å²) >= 11 is 0. The van der Waals surface area contributed by atoms with Gasteiger partial charge in [0.2, 0.25) is 5.91 Å². The van der Waals surface area contributed by atoms with Crippen LogP contribution in [0.2, 0.25) is 0 Å². The van der Waals surface area contributed by atoms with E-state index in [0.717, 1.165) is 25.7 Å². The number of halogens is 6. The number of benzene rings is 1. The average molecular weight is 552 g/mol. The molecule has 0 unspecified atom stereocenters. The van der Waals surface area contributed by atoms with E-state index in [9.17, 15) is 35.9 Å². The number of carbonyl (C=O) groups is 2. The summed E-state index contributed by atoms with van der Waals surface area (Å²) in [5, 5.41) is 5.78. The monoisotopic (exact) mass is 551 g/mol. The fourth-order valence-electron chi connectivity index (χ4n) is 5.25. The Kier molecular flexibility index (Phi) is 10.1. The van der Waals surface area contributed by atoms with Crippen LogP contribution in [0.15, 0.2) is 18.2 Å². The molecule has 2 amide bonds. The van der Waals surface area contributed by atoms with Crippen molar-refractivity contribution in [2.75, 3.05) is 27.2 Å². The molecule has 2 aliphatic rings. The Morgan fingerprint density at radius 3 is 1.95 bits per heavy atom. The summed E-state index contributed by atoms with van der Waals surface area (Å²) in [6.07, 6.45) is -3.58. The second-order valence-corrected chi connectivity index (χ2v) is 10.3. The molecular weight excluding hydrogens is 516 g/mol. The number of likely N-dealkylation sites (N-methyl/N-ethyl adjacent to an activating group) is 1. The lowest BCUT2D eigenvalue weighted by Gasteiger charge is -2.34. The minimum atomic E-state index is -5.01. The van der Waals surface area contributed by atoms with Crippen molar-refractivity contribution in [3.63, 3.8) is 0 Å². The zero-order chi connectivity index (χ0) is 28.1. The van der Waals surface area contributed by atoms with Gasteiger partial charge in [-0.05, 0) is 82.0 Å². The normalized spacial score (nSPS) is 24.6. The zero-order valence-electron chi connectivity index (χ0n) is 21.6. The molecule has 0 aromatic heterocycles. The zero-order valence-corrected chi connectivity index (χ0v) is 21.6. The number of nitrogens with zero attached hydrogens (tertiary/aromatic N) is 1. The van der Waals surface area contributed by atoms with Crippen molar-refractivity contribution in [3.8, 4) is 0 Å². The van der Waals surface area contributed by atoms with Crippen LogP contribution in [-0.4, -0.2) is 62.1 Å². The third kappa shape index (κ3) is 8.33. The Morgan fingerprint density at radius 2 is 1.45 bits per heavy atom. The fraction of sp³-hybridized carbons (Fsp3) is 0.692. The van der Waals surface area contributed by atoms with E-state index in [1.54, 1.807) is 12.0 Å². The van der Waals surface area contributed by atoms with Crippen molar-refractivity contribution < 1.29 is 40.7 Å². The molecule has 0 bridgehead atoms. The maximum absolute atomic E-state index is 13.1. The highest BCUT2D eigenvalue weighted by atomic mass is 19.4. The number of carbonyl (C=O) groups excluding carboxylic acids is 2. The molecule has 6 nitrogen and oxygen atoms in total. The first-order valence-electron chi connectivity index (χ1n) is 12.9. The summed E-state index contributed by atoms with van der Waals surface area (Å²) in [7, 11) is 3.52. The Hall–Kier alpha value is -2.34. The van der Waals surface area contributed by atoms with Gasteiger partial charge in [0, 0.05) is 31.8 Å². The lowest BCUT2D eigenvalue weighted by atomic mass is 9.86. The molecule has 3 rings (SSSR count). The SMILES string of the molecule is CO[C@H]1CC[C@H](N(C)C(=O)CNCC2CCC(NC(=O)c3cc(C(F)(F)F)cc(C(F)(F)F)c3)CC2)CC1. The topological polar surface area (TPSA) is 70.7 Å². The molecule has 1 aromatic rings. The minimum Gasteiger partial charge on any atom is -0.381 e. The number of amides is 2. The van der Waals surface area contributed by atoms with Crippen LogP contribution in [0.3, 0.4) is 0 Å². The number of hydrogen-bond acceptors (Lipinski definition) is 4. The van der Waals surface area contributed by atoms with E-state index in [-0.39, 0.29) is 42.6 Å². The second kappa shape index (κ2) is 12.7. The molecule has 214 valence electrons. The fourth-order valence-corrected chi connectivity index (χ4v) is 5.25. The molecular formula is C26H35F6N3O3. The van der Waals surface area contributed by atoms with Crippen molar-refractivity contribution in [2.24, 2.45) is 5.92 Å². The van der Waals surface area contributed by atoms with Gasteiger partial charge in [-0.15, -0.1) is 0 Å². The average Bonchev–Trinajstić information content (AvgIpc) is 2.88. The third-order valence-electron chi connectivity index (χ3n) is 7.66. The highest BCUT2D eigenvalue weighted by molar-refractivity contribution is 5.94. The summed E-state index contributed by atoms with van der Waals surface area (Å²) in [4.78, 5) is 26.9. The van der Waals surface area contributed by atoms with Gasteiger partial charge in [-0.1, -0.05) is 0 Å². The van der Waals surface area contributed by atoms with Crippen molar-refractivity contribution in [2.45, 2.75) is 81.9 Å². The maximum atomic E-state index is 13.1. The first-order chi connectivity index (χ1) is 17.8. The quantitative estimate of drug-likeness (QED) is 0.446. The molecule has 0 spiro atoms. The predicted molar refractivity (Wildman–Crippen MR) is 128 cm³/mol. The van der Waals surface area contributed by atoms with Gasteiger partial charge >= 0.3 is 12.4 Å². The summed E-state index contributed by atoms with van der Waals surface area (Å²) < 4.78 is 83.9. The first kappa shape index (κ1) is 30.2. The van der Waals surface area contributed by atoms with Crippen LogP contribution in [0.1, 0.15) is 72.9 Å². The largest absolute Gasteiger partial charge is 0.416 e. The van der Waals surface area contributed by atoms with Gasteiger partial charge < -0.3 is 20.3 Å². The Bertz CT molecular complexity index is 920. The molecule has 1 aromatic carbocycles. The molecule has 2 saturated carbocycles. The molecule has 2 N–H and O–H groups in total. The first-order valence-corrected chi connectivity index (χ1v) is 12.9. The third-order valence-corrected chi connectivity index (χ3v) is 7.66. The molecule has 0 saturated heterocycles. The van der Waals surface area contributed by atoms with Crippen LogP contribution in [0.4, 0.5) is 26.3 Å². The summed E-state index contributed by atoms with van der Waals surface area (Å²) in [5.74, 6) is -0.689. The Morgan fingerprint density at radius 1 is 0.895 bits per heavy atom. The molecule has 0 atom stereocenters. The number of hydrogen-bond donors (Lipinski definition) is 2. The highest BCUT2D eigenvalue weighted by Gasteiger charge is 2.38. The van der Waals surface area contributed by atoms with E-state index in [2.05, 4.69) is 10.6 Å². The summed E-state index contributed by atoms with van der Waals surface area (Å²) in [6, 6.07) is 0.745. The standard InChI is InChI=1S/C26H35F6N3O3/c1-35(21-7-9-22(38-2)10-8-21)23(36)15-33-14-16-3-5-20(6-4-16)34-24(37)17-11-18(25(27,28)29)13-19(12-17)26(30,31)32/h11-13,16,20-22,33H,3-10,14-15H2,1-2H3,(H,34,37)/t16?,20?,21-,22-. The second-order valence-electron chi connectivity index (χ2n) is 10.3. The maximum Gasteiger partial charge on any atom is 0.416 e. The molecule has 38 heavy (non-hydrogen) atoms. The van der Waals surface area contributed by atoms with Crippen molar-refractivity contribution in [1.29, 1.82) is 0 Å². The van der Waals surface area contributed by atoms with E-state index in [1.807, 2.05) is 7.05 Å². The molecule has 2 fully saturated rings. The van der Waals surface area contributed by atoms with Crippen LogP contribution < -0.4 is 10.6 Å². The number of methoxy groups -OCH3 is 1. The van der Waals surface area contributed by atoms with Gasteiger partial charge in [0.15, 0.2) is 0 Å². The van der Waals surface area contributed by atoms with Gasteiger partial charge in [0.05, 0.1) is 23.8 Å². The van der Waals surface area contributed by atoms with Gasteiger partial charge in [-0.3, -0.25) is 9.59 Å². The van der Waals surface area contributed by atoms with E-state index >= 15 is 0 Å². The molecule has 12 heteroatoms. The van der Waals surface area contributed by atoms with Gasteiger partial charge in [0.1, 0.15) is 0 Å². The van der Waals surface area contributed by atoms with Crippen molar-refractivity contribution in [3.05, 3.63) is 34.9 Å². The Balaban J connectivity index is 1.43. The number of alkyl halides is 6. The summed E-state index contributed by atoms with van der Waals surface area (Å²) in [5.41, 5.74) is -3.71. The highest BCUT2D eigenvalue weighted by Crippen LogP contribution is 2.36. The van der Waals surface area contributed by atoms with Gasteiger partial charge in [0.25, 0.3) is 5.91 Å². The van der Waals surface area contributed by atoms with E-state index in [0.29, 0.717) is 44.4 Å². The van der Waals surface area contributed by atoms with Crippen molar-refractivity contribution in [1.82, 2.24) is 15.5 Å². The predicted octanol–water partition coefficient (Wildman–Crippen LogP) is 5.02. The van der Waals surface area contributed by atoms with E-state index < -0.39 is 35.0 Å². The molecule has 0 radical (unpaired) electrons. The summed E-state index contributed by atoms with van der Waals surface area (Å²) in [6.45, 7) is 0.827. The number of nitrogens with one attached hydrogen (secondary N) is 2. The lowest BCUT2D eigenvalue weighted by Crippen LogP contribution is -2.45. The van der Waals surface area contributed by atoms with Crippen LogP contribution in [0.25, 0.3) is 0 Å². The van der Waals surface area contributed by atoms with E-state index in [1.165, 1.54) is 0 Å². The van der Waals surface area contributed by atoms with Crippen LogP contribution in [0, 0.1) is 5.92 Å². The Labute approximate surface area is 218 Å². The number of ether oxygens (including phenoxy) is 1. The van der Waals surface area contributed by atoms with Crippen molar-refractivity contribution >= 4 is 11.8 Å². The number of rotatable bonds is 8. The molecule has 2 aliphatic carbocycles. The minimum absolute atomic E-state index is 0.00331. The molecule has 0 aliphatic heterocycles. The van der Waals surface area contributed by atoms with Crippen LogP contribution in [-0.2, 0) is 21.9 Å².